The lowest BCUT2D eigenvalue weighted by Crippen LogP contribution is -2.28. The fourth-order valence-corrected chi connectivity index (χ4v) is 2.78. The highest BCUT2D eigenvalue weighted by Crippen LogP contribution is 2.29. The minimum absolute atomic E-state index is 0.0282. The Hall–Kier alpha value is -3.35. The lowest BCUT2D eigenvalue weighted by atomic mass is 9.98. The van der Waals surface area contributed by atoms with Crippen molar-refractivity contribution in [3.05, 3.63) is 70.3 Å². The average Bonchev–Trinajstić information content (AvgIpc) is 3.44. The lowest BCUT2D eigenvalue weighted by molar-refractivity contribution is -0.384. The molecule has 1 saturated carbocycles. The molecule has 0 N–H and O–H groups in total. The number of carbonyl (C=O) groups is 1. The van der Waals surface area contributed by atoms with Crippen LogP contribution in [0.3, 0.4) is 0 Å². The predicted octanol–water partition coefficient (Wildman–Crippen LogP) is 3.20. The molecule has 0 saturated heterocycles. The van der Waals surface area contributed by atoms with Gasteiger partial charge in [-0.05, 0) is 30.5 Å². The maximum Gasteiger partial charge on any atom is 0.269 e. The molecule has 130 valence electrons. The van der Waals surface area contributed by atoms with E-state index < -0.39 is 10.8 Å². The van der Waals surface area contributed by atoms with E-state index in [0.29, 0.717) is 17.4 Å². The summed E-state index contributed by atoms with van der Waals surface area (Å²) in [5.41, 5.74) is 1.96. The number of benzene rings is 2. The summed E-state index contributed by atoms with van der Waals surface area (Å²) in [6.07, 6.45) is 3.81. The van der Waals surface area contributed by atoms with Gasteiger partial charge in [-0.25, -0.2) is 0 Å². The number of nitro benzene ring substituents is 1. The van der Waals surface area contributed by atoms with Crippen LogP contribution in [0.1, 0.15) is 18.4 Å². The molecule has 1 aliphatic carbocycles. The molecule has 1 heterocycles. The molecule has 1 atom stereocenters. The van der Waals surface area contributed by atoms with Crippen LogP contribution in [0.5, 0.6) is 0 Å². The number of anilines is 1. The van der Waals surface area contributed by atoms with E-state index in [2.05, 4.69) is 10.1 Å². The van der Waals surface area contributed by atoms with Gasteiger partial charge in [-0.15, -0.1) is 0 Å². The Labute approximate surface area is 149 Å². The third-order valence-corrected chi connectivity index (χ3v) is 4.34. The zero-order valence-electron chi connectivity index (χ0n) is 13.9. The van der Waals surface area contributed by atoms with Crippen LogP contribution < -0.4 is 5.01 Å². The van der Waals surface area contributed by atoms with Gasteiger partial charge >= 0.3 is 0 Å². The van der Waals surface area contributed by atoms with Gasteiger partial charge in [0.1, 0.15) is 5.92 Å². The molecule has 4 rings (SSSR count). The number of rotatable bonds is 5. The van der Waals surface area contributed by atoms with E-state index in [1.165, 1.54) is 29.3 Å². The SMILES string of the molecule is O=C1C(C=NC2CC2)C(c2ccccc2)=NN1c1ccc([N+](=O)[O-])cc1. The Bertz CT molecular complexity index is 902. The maximum atomic E-state index is 12.9. The first-order valence-corrected chi connectivity index (χ1v) is 8.39. The number of nitrogens with zero attached hydrogens (tertiary/aromatic N) is 4. The van der Waals surface area contributed by atoms with Crippen molar-refractivity contribution in [1.29, 1.82) is 0 Å². The van der Waals surface area contributed by atoms with E-state index in [-0.39, 0.29) is 11.6 Å². The van der Waals surface area contributed by atoms with E-state index in [1.54, 1.807) is 6.21 Å². The molecule has 2 aromatic rings. The van der Waals surface area contributed by atoms with Crippen molar-refractivity contribution < 1.29 is 9.72 Å². The number of amides is 1. The first-order valence-electron chi connectivity index (χ1n) is 8.39. The summed E-state index contributed by atoms with van der Waals surface area (Å²) in [7, 11) is 0. The summed E-state index contributed by atoms with van der Waals surface area (Å²) in [6.45, 7) is 0. The Morgan fingerprint density at radius 1 is 1.12 bits per heavy atom. The highest BCUT2D eigenvalue weighted by Gasteiger charge is 2.37. The summed E-state index contributed by atoms with van der Waals surface area (Å²) in [6, 6.07) is 15.6. The molecule has 0 bridgehead atoms. The Balaban J connectivity index is 1.69. The highest BCUT2D eigenvalue weighted by molar-refractivity contribution is 6.29. The first-order chi connectivity index (χ1) is 12.6. The van der Waals surface area contributed by atoms with Crippen molar-refractivity contribution in [2.45, 2.75) is 18.9 Å². The quantitative estimate of drug-likeness (QED) is 0.472. The van der Waals surface area contributed by atoms with Crippen LogP contribution in [0.2, 0.25) is 0 Å². The van der Waals surface area contributed by atoms with Gasteiger partial charge < -0.3 is 0 Å². The first kappa shape index (κ1) is 16.1. The monoisotopic (exact) mass is 348 g/mol. The van der Waals surface area contributed by atoms with Crippen molar-refractivity contribution in [2.75, 3.05) is 5.01 Å². The second-order valence-corrected chi connectivity index (χ2v) is 6.28. The summed E-state index contributed by atoms with van der Waals surface area (Å²) >= 11 is 0. The second kappa shape index (κ2) is 6.51. The molecule has 26 heavy (non-hydrogen) atoms. The Morgan fingerprint density at radius 3 is 2.42 bits per heavy atom. The third-order valence-electron chi connectivity index (χ3n) is 4.34. The Kier molecular flexibility index (Phi) is 4.04. The summed E-state index contributed by atoms with van der Waals surface area (Å²) in [5, 5.41) is 16.6. The number of hydrazone groups is 1. The molecule has 7 heteroatoms. The highest BCUT2D eigenvalue weighted by atomic mass is 16.6. The molecule has 0 aromatic heterocycles. The van der Waals surface area contributed by atoms with Gasteiger partial charge in [0.2, 0.25) is 0 Å². The number of nitro groups is 1. The van der Waals surface area contributed by atoms with Crippen LogP contribution in [0.15, 0.2) is 64.7 Å². The Morgan fingerprint density at radius 2 is 1.81 bits per heavy atom. The minimum Gasteiger partial charge on any atom is -0.293 e. The van der Waals surface area contributed by atoms with Crippen molar-refractivity contribution in [3.8, 4) is 0 Å². The van der Waals surface area contributed by atoms with E-state index in [4.69, 9.17) is 0 Å². The summed E-state index contributed by atoms with van der Waals surface area (Å²) in [5.74, 6) is -0.754. The number of aliphatic imine (C=N–C) groups is 1. The molecular formula is C19H16N4O3. The number of carbonyl (C=O) groups excluding carboxylic acids is 1. The molecule has 0 radical (unpaired) electrons. The molecule has 0 spiro atoms. The van der Waals surface area contributed by atoms with Gasteiger partial charge in [-0.1, -0.05) is 30.3 Å². The van der Waals surface area contributed by atoms with Gasteiger partial charge in [0, 0.05) is 24.4 Å². The van der Waals surface area contributed by atoms with E-state index in [9.17, 15) is 14.9 Å². The van der Waals surface area contributed by atoms with Crippen LogP contribution >= 0.6 is 0 Å². The maximum absolute atomic E-state index is 12.9. The number of hydrogen-bond acceptors (Lipinski definition) is 5. The molecular weight excluding hydrogens is 332 g/mol. The fourth-order valence-electron chi connectivity index (χ4n) is 2.78. The molecule has 1 amide bonds. The van der Waals surface area contributed by atoms with Gasteiger partial charge in [-0.2, -0.15) is 10.1 Å². The van der Waals surface area contributed by atoms with Gasteiger partial charge in [-0.3, -0.25) is 19.9 Å². The van der Waals surface area contributed by atoms with Gasteiger partial charge in [0.05, 0.1) is 16.3 Å². The molecule has 1 unspecified atom stereocenters. The van der Waals surface area contributed by atoms with Crippen LogP contribution in [0, 0.1) is 16.0 Å². The number of non-ortho nitro benzene ring substituents is 1. The molecule has 2 aliphatic rings. The van der Waals surface area contributed by atoms with Crippen LogP contribution in [0.25, 0.3) is 0 Å². The van der Waals surface area contributed by atoms with Crippen LogP contribution in [0.4, 0.5) is 11.4 Å². The third kappa shape index (κ3) is 3.11. The van der Waals surface area contributed by atoms with Crippen LogP contribution in [-0.2, 0) is 4.79 Å². The average molecular weight is 348 g/mol. The number of hydrogen-bond donors (Lipinski definition) is 0. The van der Waals surface area contributed by atoms with Crippen molar-refractivity contribution in [1.82, 2.24) is 0 Å². The topological polar surface area (TPSA) is 88.2 Å². The van der Waals surface area contributed by atoms with Gasteiger partial charge in [0.25, 0.3) is 11.6 Å². The molecule has 1 aliphatic heterocycles. The molecule has 1 fully saturated rings. The van der Waals surface area contributed by atoms with Gasteiger partial charge in [0.15, 0.2) is 0 Å². The standard InChI is InChI=1S/C19H16N4O3/c24-19-17(12-20-14-6-7-14)18(13-4-2-1-3-5-13)21-22(19)15-8-10-16(11-9-15)23(25)26/h1-5,8-12,14,17H,6-7H2. The minimum atomic E-state index is -0.548. The largest absolute Gasteiger partial charge is 0.293 e. The molecule has 2 aromatic carbocycles. The normalized spacial score (nSPS) is 19.8. The summed E-state index contributed by atoms with van der Waals surface area (Å²) < 4.78 is 0. The lowest BCUT2D eigenvalue weighted by Gasteiger charge is -2.12. The zero-order valence-corrected chi connectivity index (χ0v) is 13.9. The van der Waals surface area contributed by atoms with E-state index in [0.717, 1.165) is 18.4 Å². The second-order valence-electron chi connectivity index (χ2n) is 6.28. The van der Waals surface area contributed by atoms with Crippen molar-refractivity contribution >= 4 is 29.2 Å². The summed E-state index contributed by atoms with van der Waals surface area (Å²) in [4.78, 5) is 27.7. The fraction of sp³-hybridized carbons (Fsp3) is 0.211. The van der Waals surface area contributed by atoms with Crippen molar-refractivity contribution in [2.24, 2.45) is 16.0 Å². The molecule has 7 nitrogen and oxygen atoms in total. The predicted molar refractivity (Wildman–Crippen MR) is 98.6 cm³/mol. The zero-order chi connectivity index (χ0) is 18.1. The van der Waals surface area contributed by atoms with E-state index in [1.807, 2.05) is 30.3 Å². The van der Waals surface area contributed by atoms with Crippen LogP contribution in [-0.4, -0.2) is 28.8 Å². The van der Waals surface area contributed by atoms with E-state index >= 15 is 0 Å². The van der Waals surface area contributed by atoms with Crippen molar-refractivity contribution in [3.63, 3.8) is 0 Å². The smallest absolute Gasteiger partial charge is 0.269 e.